The van der Waals surface area contributed by atoms with Crippen molar-refractivity contribution in [3.8, 4) is 5.88 Å². The molecule has 0 unspecified atom stereocenters. The molecule has 0 bridgehead atoms. The van der Waals surface area contributed by atoms with Gasteiger partial charge in [-0.3, -0.25) is 0 Å². The molecule has 0 radical (unpaired) electrons. The lowest BCUT2D eigenvalue weighted by atomic mass is 9.92. The van der Waals surface area contributed by atoms with E-state index in [-0.39, 0.29) is 12.2 Å². The molecule has 1 saturated carbocycles. The Morgan fingerprint density at radius 1 is 1.23 bits per heavy atom. The van der Waals surface area contributed by atoms with Crippen molar-refractivity contribution in [3.63, 3.8) is 0 Å². The maximum Gasteiger partial charge on any atom is 0.225 e. The first kappa shape index (κ1) is 18.1. The lowest BCUT2D eigenvalue weighted by Crippen LogP contribution is -2.35. The Kier molecular flexibility index (Phi) is 5.17. The van der Waals surface area contributed by atoms with E-state index in [1.807, 2.05) is 6.92 Å². The van der Waals surface area contributed by atoms with Crippen LogP contribution in [0.5, 0.6) is 5.88 Å². The number of ether oxygens (including phenoxy) is 1. The predicted octanol–water partition coefficient (Wildman–Crippen LogP) is 3.74. The largest absolute Gasteiger partial charge is 0.474 e. The highest BCUT2D eigenvalue weighted by Gasteiger charge is 2.32. The first-order chi connectivity index (χ1) is 12.5. The molecule has 5 nitrogen and oxygen atoms in total. The molecule has 26 heavy (non-hydrogen) atoms. The number of aliphatic hydroxyl groups excluding tert-OH is 1. The third-order valence-corrected chi connectivity index (χ3v) is 7.15. The van der Waals surface area contributed by atoms with Crippen LogP contribution in [0.4, 0.5) is 0 Å². The van der Waals surface area contributed by atoms with Crippen LogP contribution in [-0.2, 0) is 6.42 Å². The summed E-state index contributed by atoms with van der Waals surface area (Å²) in [5.41, 5.74) is 1.35. The summed E-state index contributed by atoms with van der Waals surface area (Å²) in [6, 6.07) is 0.668. The van der Waals surface area contributed by atoms with E-state index in [9.17, 15) is 5.11 Å². The van der Waals surface area contributed by atoms with E-state index in [1.54, 1.807) is 17.7 Å². The molecular formula is C20H29N3O2S. The Balaban J connectivity index is 1.58. The van der Waals surface area contributed by atoms with Gasteiger partial charge in [-0.15, -0.1) is 11.3 Å². The maximum atomic E-state index is 9.88. The molecule has 2 aromatic rings. The summed E-state index contributed by atoms with van der Waals surface area (Å²) in [7, 11) is 4.33. The predicted molar refractivity (Wildman–Crippen MR) is 105 cm³/mol. The summed E-state index contributed by atoms with van der Waals surface area (Å²) in [6.45, 7) is 1.88. The fourth-order valence-corrected chi connectivity index (χ4v) is 5.85. The molecule has 0 saturated heterocycles. The van der Waals surface area contributed by atoms with Gasteiger partial charge in [0, 0.05) is 10.9 Å². The van der Waals surface area contributed by atoms with Crippen molar-refractivity contribution in [2.75, 3.05) is 14.1 Å². The zero-order chi connectivity index (χ0) is 18.3. The second kappa shape index (κ2) is 7.41. The summed E-state index contributed by atoms with van der Waals surface area (Å²) >= 11 is 1.78. The maximum absolute atomic E-state index is 9.88. The van der Waals surface area contributed by atoms with Crippen LogP contribution in [0.15, 0.2) is 6.33 Å². The van der Waals surface area contributed by atoms with E-state index < -0.39 is 0 Å². The average Bonchev–Trinajstić information content (AvgIpc) is 3.15. The number of rotatable bonds is 5. The molecule has 2 aromatic heterocycles. The quantitative estimate of drug-likeness (QED) is 0.863. The highest BCUT2D eigenvalue weighted by Crippen LogP contribution is 2.47. The molecule has 4 rings (SSSR count). The third kappa shape index (κ3) is 3.47. The number of aromatic nitrogens is 2. The van der Waals surface area contributed by atoms with Crippen molar-refractivity contribution < 1.29 is 9.84 Å². The zero-order valence-corrected chi connectivity index (χ0v) is 16.8. The first-order valence-corrected chi connectivity index (χ1v) is 10.6. The van der Waals surface area contributed by atoms with Gasteiger partial charge < -0.3 is 14.7 Å². The van der Waals surface area contributed by atoms with Gasteiger partial charge in [0.25, 0.3) is 0 Å². The molecule has 6 heteroatoms. The number of fused-ring (bicyclic) bond motifs is 3. The van der Waals surface area contributed by atoms with E-state index in [4.69, 9.17) is 4.74 Å². The smallest absolute Gasteiger partial charge is 0.225 e. The summed E-state index contributed by atoms with van der Waals surface area (Å²) < 4.78 is 6.41. The van der Waals surface area contributed by atoms with Gasteiger partial charge in [0.15, 0.2) is 0 Å². The van der Waals surface area contributed by atoms with Crippen molar-refractivity contribution >= 4 is 21.6 Å². The third-order valence-electron chi connectivity index (χ3n) is 5.97. The SMILES string of the molecule is C[C@H](O)C[C@H]1CCc2sc3ncnc(O[C@H]4CC[C@H](N(C)C)CC4)c3c21. The number of nitrogens with zero attached hydrogens (tertiary/aromatic N) is 3. The molecule has 1 fully saturated rings. The molecular weight excluding hydrogens is 346 g/mol. The lowest BCUT2D eigenvalue weighted by Gasteiger charge is -2.32. The van der Waals surface area contributed by atoms with E-state index >= 15 is 0 Å². The molecule has 2 aliphatic carbocycles. The van der Waals surface area contributed by atoms with Crippen molar-refractivity contribution in [1.82, 2.24) is 14.9 Å². The highest BCUT2D eigenvalue weighted by atomic mass is 32.1. The molecule has 0 aliphatic heterocycles. The van der Waals surface area contributed by atoms with Crippen LogP contribution in [0.3, 0.4) is 0 Å². The fourth-order valence-electron chi connectivity index (χ4n) is 4.61. The number of hydrogen-bond acceptors (Lipinski definition) is 6. The van der Waals surface area contributed by atoms with E-state index in [0.717, 1.165) is 48.2 Å². The normalized spacial score (nSPS) is 27.0. The van der Waals surface area contributed by atoms with Gasteiger partial charge in [0.1, 0.15) is 17.3 Å². The topological polar surface area (TPSA) is 58.5 Å². The van der Waals surface area contributed by atoms with Gasteiger partial charge in [-0.1, -0.05) is 0 Å². The minimum absolute atomic E-state index is 0.247. The van der Waals surface area contributed by atoms with Crippen molar-refractivity contribution in [2.24, 2.45) is 0 Å². The summed E-state index contributed by atoms with van der Waals surface area (Å²) in [4.78, 5) is 13.8. The molecule has 2 heterocycles. The summed E-state index contributed by atoms with van der Waals surface area (Å²) in [5, 5.41) is 11.0. The average molecular weight is 376 g/mol. The van der Waals surface area contributed by atoms with Crippen LogP contribution in [0.1, 0.15) is 61.8 Å². The minimum atomic E-state index is -0.281. The van der Waals surface area contributed by atoms with Crippen LogP contribution < -0.4 is 4.74 Å². The van der Waals surface area contributed by atoms with Crippen LogP contribution in [-0.4, -0.2) is 52.3 Å². The Hall–Kier alpha value is -1.24. The van der Waals surface area contributed by atoms with Gasteiger partial charge in [-0.05, 0) is 77.4 Å². The summed E-state index contributed by atoms with van der Waals surface area (Å²) in [5.74, 6) is 1.16. The van der Waals surface area contributed by atoms with Gasteiger partial charge in [-0.2, -0.15) is 0 Å². The minimum Gasteiger partial charge on any atom is -0.474 e. The molecule has 0 amide bonds. The molecule has 1 N–H and O–H groups in total. The molecule has 142 valence electrons. The Morgan fingerprint density at radius 2 is 2.00 bits per heavy atom. The van der Waals surface area contributed by atoms with E-state index in [2.05, 4.69) is 29.0 Å². The number of aliphatic hydroxyl groups is 1. The Bertz CT molecular complexity index is 766. The number of thiophene rings is 1. The van der Waals surface area contributed by atoms with Crippen LogP contribution in [0.2, 0.25) is 0 Å². The van der Waals surface area contributed by atoms with Crippen molar-refractivity contribution in [2.45, 2.75) is 76.0 Å². The first-order valence-electron chi connectivity index (χ1n) is 9.80. The molecule has 2 aliphatic rings. The number of aryl methyl sites for hydroxylation is 1. The van der Waals surface area contributed by atoms with Gasteiger partial charge in [0.05, 0.1) is 11.5 Å². The van der Waals surface area contributed by atoms with Crippen LogP contribution in [0.25, 0.3) is 10.2 Å². The Labute approximate surface area is 159 Å². The monoisotopic (exact) mass is 375 g/mol. The second-order valence-corrected chi connectivity index (χ2v) is 9.21. The van der Waals surface area contributed by atoms with Crippen molar-refractivity contribution in [1.29, 1.82) is 0 Å². The van der Waals surface area contributed by atoms with Gasteiger partial charge >= 0.3 is 0 Å². The Morgan fingerprint density at radius 3 is 2.69 bits per heavy atom. The van der Waals surface area contributed by atoms with Crippen molar-refractivity contribution in [3.05, 3.63) is 16.8 Å². The lowest BCUT2D eigenvalue weighted by molar-refractivity contribution is 0.108. The standard InChI is InChI=1S/C20H29N3O2S/c1-12(24)10-13-4-9-16-17(13)18-19(21-11-22-20(18)26-16)25-15-7-5-14(6-8-15)23(2)3/h11-15,24H,4-10H2,1-3H3/t12-,13+,14-,15-/m0/s1. The molecule has 2 atom stereocenters. The summed E-state index contributed by atoms with van der Waals surface area (Å²) in [6.07, 6.45) is 9.13. The van der Waals surface area contributed by atoms with E-state index in [0.29, 0.717) is 12.0 Å². The van der Waals surface area contributed by atoms with Crippen LogP contribution in [0, 0.1) is 0 Å². The molecule has 0 spiro atoms. The number of hydrogen-bond donors (Lipinski definition) is 1. The zero-order valence-electron chi connectivity index (χ0n) is 15.9. The van der Waals surface area contributed by atoms with Gasteiger partial charge in [-0.25, -0.2) is 9.97 Å². The highest BCUT2D eigenvalue weighted by molar-refractivity contribution is 7.19. The molecule has 0 aromatic carbocycles. The van der Waals surface area contributed by atoms with E-state index in [1.165, 1.54) is 23.3 Å². The second-order valence-electron chi connectivity index (χ2n) is 8.13. The fraction of sp³-hybridized carbons (Fsp3) is 0.700. The van der Waals surface area contributed by atoms with Crippen LogP contribution >= 0.6 is 11.3 Å². The van der Waals surface area contributed by atoms with Gasteiger partial charge in [0.2, 0.25) is 5.88 Å².